The minimum absolute atomic E-state index is 0.151. The van der Waals surface area contributed by atoms with Gasteiger partial charge in [-0.15, -0.1) is 0 Å². The van der Waals surface area contributed by atoms with Crippen LogP contribution in [-0.4, -0.2) is 72.9 Å². The van der Waals surface area contributed by atoms with Crippen molar-refractivity contribution in [3.05, 3.63) is 40.2 Å². The van der Waals surface area contributed by atoms with Gasteiger partial charge in [-0.3, -0.25) is 10.1 Å². The topological polar surface area (TPSA) is 173 Å². The highest BCUT2D eigenvalue weighted by molar-refractivity contribution is 7.17. The lowest BCUT2D eigenvalue weighted by Crippen LogP contribution is -2.52. The second-order valence-corrected chi connectivity index (χ2v) is 10.7. The molecule has 0 bridgehead atoms. The first-order valence-corrected chi connectivity index (χ1v) is 13.5. The molecule has 14 heteroatoms. The standard InChI is InChI=1S/C26H35N7O6S/c1-14-21(23(35)36)40-25(29-14)31-24-30-19(33-8-6-7-16(13-33)22(27)34)11-26(2,32-24)28-12-15-9-17(37-3)20(39-5)18(10-15)38-4/h9-11,16,28H,6-8,12-13H2,1-5H3,(H2,27,34)(H,35,36)(H2,29,30,31,32). The van der Waals surface area contributed by atoms with E-state index >= 15 is 0 Å². The molecule has 40 heavy (non-hydrogen) atoms. The molecule has 216 valence electrons. The highest BCUT2D eigenvalue weighted by Gasteiger charge is 2.32. The van der Waals surface area contributed by atoms with Crippen LogP contribution in [0.3, 0.4) is 0 Å². The normalized spacial score (nSPS) is 20.6. The first-order valence-electron chi connectivity index (χ1n) is 12.7. The van der Waals surface area contributed by atoms with E-state index in [1.807, 2.05) is 25.1 Å². The predicted molar refractivity (Wildman–Crippen MR) is 151 cm³/mol. The number of methoxy groups -OCH3 is 3. The summed E-state index contributed by atoms with van der Waals surface area (Å²) in [6.07, 6.45) is 3.51. The van der Waals surface area contributed by atoms with Crippen LogP contribution in [0.4, 0.5) is 5.13 Å². The van der Waals surface area contributed by atoms with Crippen LogP contribution in [0.25, 0.3) is 0 Å². The van der Waals surface area contributed by atoms with Crippen LogP contribution in [-0.2, 0) is 11.3 Å². The molecule has 0 saturated carbocycles. The SMILES string of the molecule is COc1cc(CNC2(C)C=C(N3CCCC(C(N)=O)C3)NC(Nc3nc(C)c(C(=O)O)s3)=N2)cc(OC)c1OC. The van der Waals surface area contributed by atoms with Crippen molar-refractivity contribution in [1.82, 2.24) is 20.5 Å². The van der Waals surface area contributed by atoms with Crippen molar-refractivity contribution >= 4 is 34.3 Å². The van der Waals surface area contributed by atoms with Crippen molar-refractivity contribution in [1.29, 1.82) is 0 Å². The number of aryl methyl sites for hydroxylation is 1. The molecule has 2 atom stereocenters. The molecule has 6 N–H and O–H groups in total. The average Bonchev–Trinajstić information content (AvgIpc) is 3.30. The molecular formula is C26H35N7O6S. The number of nitrogens with one attached hydrogen (secondary N) is 3. The first-order chi connectivity index (χ1) is 19.1. The van der Waals surface area contributed by atoms with Crippen molar-refractivity contribution < 1.29 is 28.9 Å². The molecule has 2 aromatic rings. The third kappa shape index (κ3) is 6.39. The summed E-state index contributed by atoms with van der Waals surface area (Å²) in [4.78, 5) is 34.9. The number of aliphatic imine (C=N–C) groups is 1. The molecule has 2 aliphatic rings. The number of hydrogen-bond acceptors (Lipinski definition) is 12. The maximum Gasteiger partial charge on any atom is 0.347 e. The van der Waals surface area contributed by atoms with E-state index in [-0.39, 0.29) is 16.7 Å². The number of thiazole rings is 1. The lowest BCUT2D eigenvalue weighted by molar-refractivity contribution is -0.123. The molecular weight excluding hydrogens is 538 g/mol. The number of carboxylic acid groups (broad SMARTS) is 1. The Morgan fingerprint density at radius 2 is 1.95 bits per heavy atom. The average molecular weight is 574 g/mol. The van der Waals surface area contributed by atoms with Crippen LogP contribution >= 0.6 is 11.3 Å². The summed E-state index contributed by atoms with van der Waals surface area (Å²) >= 11 is 1.03. The number of ether oxygens (including phenoxy) is 3. The molecule has 1 aromatic heterocycles. The quantitative estimate of drug-likeness (QED) is 0.282. The van der Waals surface area contributed by atoms with Gasteiger partial charge in [0, 0.05) is 19.6 Å². The summed E-state index contributed by atoms with van der Waals surface area (Å²) < 4.78 is 16.4. The van der Waals surface area contributed by atoms with Gasteiger partial charge >= 0.3 is 5.97 Å². The number of aromatic carboxylic acids is 1. The predicted octanol–water partition coefficient (Wildman–Crippen LogP) is 2.09. The molecule has 1 fully saturated rings. The van der Waals surface area contributed by atoms with Gasteiger partial charge in [0.05, 0.1) is 32.9 Å². The number of amides is 1. The molecule has 0 aliphatic carbocycles. The number of guanidine groups is 1. The van der Waals surface area contributed by atoms with Gasteiger partial charge in [0.25, 0.3) is 0 Å². The minimum atomic E-state index is -1.04. The Balaban J connectivity index is 1.63. The van der Waals surface area contributed by atoms with Crippen molar-refractivity contribution in [3.8, 4) is 17.2 Å². The highest BCUT2D eigenvalue weighted by Crippen LogP contribution is 2.38. The second kappa shape index (κ2) is 12.0. The van der Waals surface area contributed by atoms with E-state index in [9.17, 15) is 14.7 Å². The number of benzene rings is 1. The Morgan fingerprint density at radius 1 is 1.25 bits per heavy atom. The fraction of sp³-hybridized carbons (Fsp3) is 0.462. The summed E-state index contributed by atoms with van der Waals surface area (Å²) in [5, 5.41) is 19.7. The van der Waals surface area contributed by atoms with E-state index in [1.54, 1.807) is 28.3 Å². The molecule has 2 unspecified atom stereocenters. The fourth-order valence-corrected chi connectivity index (χ4v) is 5.54. The van der Waals surface area contributed by atoms with Crippen LogP contribution in [0.2, 0.25) is 0 Å². The Kier molecular flexibility index (Phi) is 8.69. The maximum atomic E-state index is 11.9. The lowest BCUT2D eigenvalue weighted by Gasteiger charge is -2.39. The Bertz CT molecular complexity index is 1320. The second-order valence-electron chi connectivity index (χ2n) is 9.70. The molecule has 0 radical (unpaired) electrons. The molecule has 2 aliphatic heterocycles. The van der Waals surface area contributed by atoms with Gasteiger partial charge in [0.1, 0.15) is 16.4 Å². The third-order valence-corrected chi connectivity index (χ3v) is 7.82. The highest BCUT2D eigenvalue weighted by atomic mass is 32.1. The van der Waals surface area contributed by atoms with Gasteiger partial charge in [-0.2, -0.15) is 0 Å². The van der Waals surface area contributed by atoms with Crippen LogP contribution in [0.5, 0.6) is 17.2 Å². The van der Waals surface area contributed by atoms with Crippen molar-refractivity contribution in [2.45, 2.75) is 38.9 Å². The van der Waals surface area contributed by atoms with Gasteiger partial charge in [0.2, 0.25) is 17.6 Å². The van der Waals surface area contributed by atoms with Gasteiger partial charge in [-0.1, -0.05) is 11.3 Å². The Hall–Kier alpha value is -4.04. The molecule has 0 spiro atoms. The number of piperidine rings is 1. The number of carboxylic acids is 1. The van der Waals surface area contributed by atoms with Crippen LogP contribution in [0, 0.1) is 12.8 Å². The molecule has 1 saturated heterocycles. The Labute approximate surface area is 236 Å². The molecule has 3 heterocycles. The number of rotatable bonds is 10. The van der Waals surface area contributed by atoms with Crippen LogP contribution in [0.15, 0.2) is 29.0 Å². The van der Waals surface area contributed by atoms with Crippen molar-refractivity contribution in [2.75, 3.05) is 39.7 Å². The minimum Gasteiger partial charge on any atom is -0.493 e. The zero-order chi connectivity index (χ0) is 29.0. The number of primary amides is 1. The first kappa shape index (κ1) is 29.0. The van der Waals surface area contributed by atoms with E-state index in [0.29, 0.717) is 47.1 Å². The number of anilines is 1. The third-order valence-electron chi connectivity index (χ3n) is 6.76. The Morgan fingerprint density at radius 3 is 2.52 bits per heavy atom. The molecule has 13 nitrogen and oxygen atoms in total. The van der Waals surface area contributed by atoms with Gasteiger partial charge in [-0.05, 0) is 50.5 Å². The maximum absolute atomic E-state index is 11.9. The number of carbonyl (C=O) groups is 2. The molecule has 4 rings (SSSR count). The lowest BCUT2D eigenvalue weighted by atomic mass is 9.97. The fourth-order valence-electron chi connectivity index (χ4n) is 4.73. The summed E-state index contributed by atoms with van der Waals surface area (Å²) in [5.41, 5.74) is 6.02. The molecule has 1 amide bonds. The summed E-state index contributed by atoms with van der Waals surface area (Å²) in [6, 6.07) is 3.72. The summed E-state index contributed by atoms with van der Waals surface area (Å²) in [7, 11) is 4.68. The van der Waals surface area contributed by atoms with Gasteiger partial charge in [0.15, 0.2) is 16.6 Å². The van der Waals surface area contributed by atoms with Crippen LogP contribution in [0.1, 0.15) is 40.7 Å². The van der Waals surface area contributed by atoms with Crippen LogP contribution < -0.4 is 35.9 Å². The number of likely N-dealkylation sites (tertiary alicyclic amines) is 1. The van der Waals surface area contributed by atoms with E-state index in [2.05, 4.69) is 25.8 Å². The van der Waals surface area contributed by atoms with Crippen molar-refractivity contribution in [3.63, 3.8) is 0 Å². The monoisotopic (exact) mass is 573 g/mol. The van der Waals surface area contributed by atoms with E-state index in [0.717, 1.165) is 42.1 Å². The zero-order valence-electron chi connectivity index (χ0n) is 23.2. The number of nitrogens with two attached hydrogens (primary N) is 1. The number of hydrogen-bond donors (Lipinski definition) is 5. The van der Waals surface area contributed by atoms with Gasteiger partial charge < -0.3 is 40.6 Å². The van der Waals surface area contributed by atoms with E-state index < -0.39 is 11.6 Å². The van der Waals surface area contributed by atoms with Gasteiger partial charge in [-0.25, -0.2) is 14.8 Å². The van der Waals surface area contributed by atoms with E-state index in [1.165, 1.54) is 0 Å². The zero-order valence-corrected chi connectivity index (χ0v) is 24.0. The smallest absolute Gasteiger partial charge is 0.347 e. The largest absolute Gasteiger partial charge is 0.493 e. The van der Waals surface area contributed by atoms with Crippen molar-refractivity contribution in [2.24, 2.45) is 16.6 Å². The number of carbonyl (C=O) groups excluding carboxylic acids is 1. The summed E-state index contributed by atoms with van der Waals surface area (Å²) in [6.45, 7) is 5.17. The summed E-state index contributed by atoms with van der Waals surface area (Å²) in [5.74, 6) is 1.08. The number of aromatic nitrogens is 1. The van der Waals surface area contributed by atoms with E-state index in [4.69, 9.17) is 24.9 Å². The molecule has 1 aromatic carbocycles. The number of nitrogens with zero attached hydrogens (tertiary/aromatic N) is 3.